The fourth-order valence-corrected chi connectivity index (χ4v) is 3.67. The predicted molar refractivity (Wildman–Crippen MR) is 123 cm³/mol. The van der Waals surface area contributed by atoms with Crippen LogP contribution in [0.3, 0.4) is 0 Å². The van der Waals surface area contributed by atoms with Gasteiger partial charge in [0.25, 0.3) is 0 Å². The number of amides is 1. The van der Waals surface area contributed by atoms with Gasteiger partial charge in [-0.3, -0.25) is 4.79 Å². The molecule has 8 nitrogen and oxygen atoms in total. The van der Waals surface area contributed by atoms with Crippen molar-refractivity contribution in [2.24, 2.45) is 0 Å². The molecule has 9 heteroatoms. The number of carbonyl (C=O) groups excluding carboxylic acids is 1. The summed E-state index contributed by atoms with van der Waals surface area (Å²) in [7, 11) is 3.14. The third kappa shape index (κ3) is 5.69. The number of thioether (sulfide) groups is 1. The Labute approximate surface area is 186 Å². The number of anilines is 1. The van der Waals surface area contributed by atoms with Crippen LogP contribution in [-0.2, 0) is 11.2 Å². The minimum Gasteiger partial charge on any atom is -0.493 e. The second-order valence-corrected chi connectivity index (χ2v) is 7.83. The summed E-state index contributed by atoms with van der Waals surface area (Å²) < 4.78 is 11.9. The summed E-state index contributed by atoms with van der Waals surface area (Å²) in [4.78, 5) is 12.3. The summed E-state index contributed by atoms with van der Waals surface area (Å²) >= 11 is 1.22. The molecule has 2 aromatic carbocycles. The molecule has 164 valence electrons. The summed E-state index contributed by atoms with van der Waals surface area (Å²) in [5.41, 5.74) is 2.77. The number of nitrogens with zero attached hydrogens (tertiary/aromatic N) is 3. The second kappa shape index (κ2) is 10.7. The van der Waals surface area contributed by atoms with E-state index in [0.717, 1.165) is 30.5 Å². The summed E-state index contributed by atoms with van der Waals surface area (Å²) in [6.45, 7) is 2.17. The van der Waals surface area contributed by atoms with Gasteiger partial charge in [0.1, 0.15) is 0 Å². The molecule has 1 aromatic heterocycles. The summed E-state index contributed by atoms with van der Waals surface area (Å²) in [5.74, 6) is 7.83. The molecule has 0 fully saturated rings. The highest BCUT2D eigenvalue weighted by atomic mass is 32.2. The molecule has 3 N–H and O–H groups in total. The number of ether oxygens (including phenoxy) is 2. The maximum absolute atomic E-state index is 12.3. The molecule has 0 radical (unpaired) electrons. The number of nitrogen functional groups attached to an aromatic ring is 1. The molecule has 0 bridgehead atoms. The van der Waals surface area contributed by atoms with Crippen molar-refractivity contribution >= 4 is 23.4 Å². The Kier molecular flexibility index (Phi) is 7.77. The molecule has 0 aliphatic carbocycles. The van der Waals surface area contributed by atoms with E-state index >= 15 is 0 Å². The Morgan fingerprint density at radius 3 is 2.52 bits per heavy atom. The number of rotatable bonds is 10. The van der Waals surface area contributed by atoms with Gasteiger partial charge in [-0.2, -0.15) is 0 Å². The van der Waals surface area contributed by atoms with Gasteiger partial charge in [0.05, 0.1) is 20.0 Å². The van der Waals surface area contributed by atoms with Crippen molar-refractivity contribution in [2.45, 2.75) is 31.3 Å². The standard InChI is InChI=1S/C22H27N5O3S/c1-4-5-6-15-7-10-17(11-8-15)24-20(28)14-31-22-26-25-21(27(22)23)16-9-12-18(29-2)19(13-16)30-3/h7-13H,4-6,14,23H2,1-3H3,(H,24,28). The molecule has 3 aromatic rings. The lowest BCUT2D eigenvalue weighted by Crippen LogP contribution is -2.16. The molecule has 0 spiro atoms. The number of carbonyl (C=O) groups is 1. The Morgan fingerprint density at radius 2 is 1.84 bits per heavy atom. The van der Waals surface area contributed by atoms with E-state index in [-0.39, 0.29) is 11.7 Å². The Bertz CT molecular complexity index is 1020. The number of nitrogens with two attached hydrogens (primary N) is 1. The van der Waals surface area contributed by atoms with Crippen LogP contribution >= 0.6 is 11.8 Å². The number of aryl methyl sites for hydroxylation is 1. The van der Waals surface area contributed by atoms with Gasteiger partial charge in [0, 0.05) is 11.3 Å². The van der Waals surface area contributed by atoms with Gasteiger partial charge in [-0.15, -0.1) is 10.2 Å². The van der Waals surface area contributed by atoms with Gasteiger partial charge in [-0.1, -0.05) is 37.2 Å². The normalized spacial score (nSPS) is 10.7. The van der Waals surface area contributed by atoms with Crippen LogP contribution in [-0.4, -0.2) is 40.8 Å². The first kappa shape index (κ1) is 22.5. The van der Waals surface area contributed by atoms with Crippen molar-refractivity contribution in [3.63, 3.8) is 0 Å². The van der Waals surface area contributed by atoms with Crippen LogP contribution in [0.1, 0.15) is 25.3 Å². The fourth-order valence-electron chi connectivity index (χ4n) is 3.01. The zero-order chi connectivity index (χ0) is 22.2. The van der Waals surface area contributed by atoms with Gasteiger partial charge < -0.3 is 20.6 Å². The SMILES string of the molecule is CCCCc1ccc(NC(=O)CSc2nnc(-c3ccc(OC)c(OC)c3)n2N)cc1. The highest BCUT2D eigenvalue weighted by molar-refractivity contribution is 7.99. The van der Waals surface area contributed by atoms with E-state index < -0.39 is 0 Å². The van der Waals surface area contributed by atoms with E-state index in [1.54, 1.807) is 26.4 Å². The van der Waals surface area contributed by atoms with Crippen molar-refractivity contribution in [1.82, 2.24) is 14.9 Å². The van der Waals surface area contributed by atoms with E-state index in [1.807, 2.05) is 30.3 Å². The third-order valence-electron chi connectivity index (χ3n) is 4.70. The van der Waals surface area contributed by atoms with Gasteiger partial charge in [0.15, 0.2) is 17.3 Å². The third-order valence-corrected chi connectivity index (χ3v) is 5.64. The number of hydrogen-bond acceptors (Lipinski definition) is 7. The molecule has 3 rings (SSSR count). The molecule has 0 saturated carbocycles. The molecule has 0 atom stereocenters. The van der Waals surface area contributed by atoms with E-state index in [1.165, 1.54) is 22.0 Å². The van der Waals surface area contributed by atoms with Crippen LogP contribution in [0.15, 0.2) is 47.6 Å². The van der Waals surface area contributed by atoms with E-state index in [0.29, 0.717) is 22.5 Å². The van der Waals surface area contributed by atoms with E-state index in [4.69, 9.17) is 15.3 Å². The predicted octanol–water partition coefficient (Wildman–Crippen LogP) is 3.75. The number of methoxy groups -OCH3 is 2. The van der Waals surface area contributed by atoms with Crippen molar-refractivity contribution in [1.29, 1.82) is 0 Å². The topological polar surface area (TPSA) is 104 Å². The molecule has 1 heterocycles. The number of unbranched alkanes of at least 4 members (excludes halogenated alkanes) is 1. The average Bonchev–Trinajstić information content (AvgIpc) is 3.17. The lowest BCUT2D eigenvalue weighted by Gasteiger charge is -2.09. The molecule has 0 unspecified atom stereocenters. The van der Waals surface area contributed by atoms with Gasteiger partial charge in [-0.25, -0.2) is 4.68 Å². The van der Waals surface area contributed by atoms with Crippen LogP contribution in [0, 0.1) is 0 Å². The summed E-state index contributed by atoms with van der Waals surface area (Å²) in [6.07, 6.45) is 3.37. The largest absolute Gasteiger partial charge is 0.493 e. The Hall–Kier alpha value is -3.20. The summed E-state index contributed by atoms with van der Waals surface area (Å²) in [6, 6.07) is 13.3. The van der Waals surface area contributed by atoms with Crippen molar-refractivity contribution in [2.75, 3.05) is 31.1 Å². The molecular formula is C22H27N5O3S. The lowest BCUT2D eigenvalue weighted by atomic mass is 10.1. The molecule has 31 heavy (non-hydrogen) atoms. The zero-order valence-corrected chi connectivity index (χ0v) is 18.7. The monoisotopic (exact) mass is 441 g/mol. The first-order valence-electron chi connectivity index (χ1n) is 10.00. The van der Waals surface area contributed by atoms with E-state index in [2.05, 4.69) is 22.4 Å². The molecule has 1 amide bonds. The van der Waals surface area contributed by atoms with Crippen molar-refractivity contribution in [3.8, 4) is 22.9 Å². The Balaban J connectivity index is 1.60. The smallest absolute Gasteiger partial charge is 0.234 e. The second-order valence-electron chi connectivity index (χ2n) is 6.88. The quantitative estimate of drug-likeness (QED) is 0.365. The minimum atomic E-state index is -0.137. The van der Waals surface area contributed by atoms with Gasteiger partial charge in [-0.05, 0) is 48.7 Å². The molecule has 0 aliphatic heterocycles. The van der Waals surface area contributed by atoms with Crippen LogP contribution in [0.4, 0.5) is 5.69 Å². The number of hydrogen-bond donors (Lipinski definition) is 2. The average molecular weight is 442 g/mol. The minimum absolute atomic E-state index is 0.137. The number of aromatic nitrogens is 3. The first-order chi connectivity index (χ1) is 15.0. The molecular weight excluding hydrogens is 414 g/mol. The Morgan fingerprint density at radius 1 is 1.10 bits per heavy atom. The van der Waals surface area contributed by atoms with Crippen LogP contribution in [0.2, 0.25) is 0 Å². The fraction of sp³-hybridized carbons (Fsp3) is 0.318. The van der Waals surface area contributed by atoms with Crippen molar-refractivity contribution < 1.29 is 14.3 Å². The highest BCUT2D eigenvalue weighted by Crippen LogP contribution is 2.32. The van der Waals surface area contributed by atoms with Crippen LogP contribution in [0.5, 0.6) is 11.5 Å². The molecule has 0 aliphatic rings. The number of benzene rings is 2. The first-order valence-corrected chi connectivity index (χ1v) is 11.0. The molecule has 0 saturated heterocycles. The maximum atomic E-state index is 12.3. The number of nitrogens with one attached hydrogen (secondary N) is 1. The maximum Gasteiger partial charge on any atom is 0.234 e. The van der Waals surface area contributed by atoms with Gasteiger partial charge in [0.2, 0.25) is 11.1 Å². The van der Waals surface area contributed by atoms with E-state index in [9.17, 15) is 4.79 Å². The highest BCUT2D eigenvalue weighted by Gasteiger charge is 2.16. The van der Waals surface area contributed by atoms with Gasteiger partial charge >= 0.3 is 0 Å². The zero-order valence-electron chi connectivity index (χ0n) is 17.9. The van der Waals surface area contributed by atoms with Crippen LogP contribution < -0.4 is 20.6 Å². The van der Waals surface area contributed by atoms with Crippen molar-refractivity contribution in [3.05, 3.63) is 48.0 Å². The lowest BCUT2D eigenvalue weighted by molar-refractivity contribution is -0.113. The summed E-state index contributed by atoms with van der Waals surface area (Å²) in [5, 5.41) is 11.6. The van der Waals surface area contributed by atoms with Crippen LogP contribution in [0.25, 0.3) is 11.4 Å².